The third kappa shape index (κ3) is 2.29. The summed E-state index contributed by atoms with van der Waals surface area (Å²) in [5, 5.41) is 0. The first-order valence-electron chi connectivity index (χ1n) is 6.17. The van der Waals surface area contributed by atoms with E-state index in [1.165, 1.54) is 24.8 Å². The second-order valence-corrected chi connectivity index (χ2v) is 4.74. The van der Waals surface area contributed by atoms with Gasteiger partial charge in [-0.3, -0.25) is 0 Å². The van der Waals surface area contributed by atoms with E-state index in [0.717, 1.165) is 30.5 Å². The van der Waals surface area contributed by atoms with Gasteiger partial charge in [0.2, 0.25) is 0 Å². The Labute approximate surface area is 97.7 Å². The molecule has 2 N–H and O–H groups in total. The van der Waals surface area contributed by atoms with Crippen LogP contribution in [0, 0.1) is 12.8 Å². The van der Waals surface area contributed by atoms with E-state index in [-0.39, 0.29) is 0 Å². The summed E-state index contributed by atoms with van der Waals surface area (Å²) in [6.45, 7) is 6.45. The molecule has 0 unspecified atom stereocenters. The van der Waals surface area contributed by atoms with Crippen LogP contribution in [0.1, 0.15) is 31.7 Å². The second-order valence-electron chi connectivity index (χ2n) is 4.74. The predicted octanol–water partition coefficient (Wildman–Crippen LogP) is 2.60. The zero-order valence-electron chi connectivity index (χ0n) is 10.2. The number of aryl methyl sites for hydroxylation is 1. The van der Waals surface area contributed by atoms with E-state index in [9.17, 15) is 0 Å². The minimum Gasteiger partial charge on any atom is -0.397 e. The van der Waals surface area contributed by atoms with Gasteiger partial charge < -0.3 is 10.6 Å². The Morgan fingerprint density at radius 1 is 1.50 bits per heavy atom. The van der Waals surface area contributed by atoms with Crippen molar-refractivity contribution in [1.29, 1.82) is 0 Å². The number of hydrogen-bond acceptors (Lipinski definition) is 3. The highest BCUT2D eigenvalue weighted by Crippen LogP contribution is 2.29. The first-order valence-corrected chi connectivity index (χ1v) is 6.17. The van der Waals surface area contributed by atoms with Crippen molar-refractivity contribution in [1.82, 2.24) is 4.98 Å². The van der Waals surface area contributed by atoms with Crippen LogP contribution in [0.15, 0.2) is 12.3 Å². The number of pyridine rings is 1. The van der Waals surface area contributed by atoms with Gasteiger partial charge in [0.05, 0.1) is 11.9 Å². The van der Waals surface area contributed by atoms with Crippen LogP contribution in [0.2, 0.25) is 0 Å². The number of aromatic nitrogens is 1. The normalized spacial score (nSPS) is 15.9. The molecule has 1 fully saturated rings. The van der Waals surface area contributed by atoms with Crippen LogP contribution in [0.4, 0.5) is 11.5 Å². The van der Waals surface area contributed by atoms with Crippen molar-refractivity contribution >= 4 is 11.5 Å². The van der Waals surface area contributed by atoms with Crippen molar-refractivity contribution in [2.24, 2.45) is 5.92 Å². The summed E-state index contributed by atoms with van der Waals surface area (Å²) in [7, 11) is 0. The zero-order valence-corrected chi connectivity index (χ0v) is 10.2. The minimum absolute atomic E-state index is 0.751. The molecule has 16 heavy (non-hydrogen) atoms. The number of nitrogens with two attached hydrogens (primary N) is 1. The topological polar surface area (TPSA) is 42.2 Å². The Morgan fingerprint density at radius 3 is 2.75 bits per heavy atom. The van der Waals surface area contributed by atoms with Crippen LogP contribution >= 0.6 is 0 Å². The van der Waals surface area contributed by atoms with Gasteiger partial charge in [-0.1, -0.05) is 6.42 Å². The molecule has 0 radical (unpaired) electrons. The number of nitrogen functional groups attached to an aromatic ring is 1. The molecule has 0 spiro atoms. The van der Waals surface area contributed by atoms with E-state index in [1.54, 1.807) is 6.20 Å². The Hall–Kier alpha value is -1.25. The molecule has 1 aliphatic rings. The first kappa shape index (κ1) is 11.2. The largest absolute Gasteiger partial charge is 0.397 e. The molecule has 1 saturated carbocycles. The summed E-state index contributed by atoms with van der Waals surface area (Å²) in [6, 6.07) is 2.01. The van der Waals surface area contributed by atoms with Crippen molar-refractivity contribution in [3.63, 3.8) is 0 Å². The van der Waals surface area contributed by atoms with Crippen molar-refractivity contribution in [3.05, 3.63) is 17.8 Å². The van der Waals surface area contributed by atoms with Crippen LogP contribution in [0.3, 0.4) is 0 Å². The Balaban J connectivity index is 2.11. The monoisotopic (exact) mass is 219 g/mol. The lowest BCUT2D eigenvalue weighted by atomic mass is 9.85. The molecule has 88 valence electrons. The van der Waals surface area contributed by atoms with Crippen LogP contribution < -0.4 is 10.6 Å². The third-order valence-electron chi connectivity index (χ3n) is 3.46. The molecular weight excluding hydrogens is 198 g/mol. The fourth-order valence-corrected chi connectivity index (χ4v) is 2.27. The van der Waals surface area contributed by atoms with Gasteiger partial charge in [-0.15, -0.1) is 0 Å². The van der Waals surface area contributed by atoms with Crippen LogP contribution in [-0.2, 0) is 0 Å². The molecule has 0 aromatic carbocycles. The fraction of sp³-hybridized carbons (Fsp3) is 0.615. The molecule has 0 bridgehead atoms. The van der Waals surface area contributed by atoms with Gasteiger partial charge in [0.15, 0.2) is 0 Å². The predicted molar refractivity (Wildman–Crippen MR) is 68.6 cm³/mol. The van der Waals surface area contributed by atoms with Crippen molar-refractivity contribution in [3.8, 4) is 0 Å². The average molecular weight is 219 g/mol. The molecule has 3 nitrogen and oxygen atoms in total. The van der Waals surface area contributed by atoms with Crippen molar-refractivity contribution < 1.29 is 0 Å². The van der Waals surface area contributed by atoms with Gasteiger partial charge >= 0.3 is 0 Å². The Bertz CT molecular complexity index is 358. The van der Waals surface area contributed by atoms with E-state index in [0.29, 0.717) is 0 Å². The molecule has 1 aromatic rings. The molecule has 0 atom stereocenters. The molecular formula is C13H21N3. The summed E-state index contributed by atoms with van der Waals surface area (Å²) in [4.78, 5) is 6.83. The smallest absolute Gasteiger partial charge is 0.131 e. The summed E-state index contributed by atoms with van der Waals surface area (Å²) >= 11 is 0. The lowest BCUT2D eigenvalue weighted by Crippen LogP contribution is -2.33. The van der Waals surface area contributed by atoms with E-state index in [1.807, 2.05) is 6.07 Å². The number of nitrogens with zero attached hydrogens (tertiary/aromatic N) is 2. The molecule has 0 saturated heterocycles. The van der Waals surface area contributed by atoms with Gasteiger partial charge in [-0.05, 0) is 44.2 Å². The van der Waals surface area contributed by atoms with Gasteiger partial charge in [0.25, 0.3) is 0 Å². The summed E-state index contributed by atoms with van der Waals surface area (Å²) in [5.74, 6) is 1.97. The summed E-state index contributed by atoms with van der Waals surface area (Å²) in [5.41, 5.74) is 7.66. The average Bonchev–Trinajstić information content (AvgIpc) is 2.18. The maximum atomic E-state index is 5.73. The highest BCUT2D eigenvalue weighted by Gasteiger charge is 2.21. The number of anilines is 2. The highest BCUT2D eigenvalue weighted by atomic mass is 15.2. The van der Waals surface area contributed by atoms with E-state index in [2.05, 4.69) is 23.7 Å². The third-order valence-corrected chi connectivity index (χ3v) is 3.46. The summed E-state index contributed by atoms with van der Waals surface area (Å²) in [6.07, 6.45) is 5.91. The van der Waals surface area contributed by atoms with Gasteiger partial charge in [-0.2, -0.15) is 0 Å². The second kappa shape index (κ2) is 4.73. The Morgan fingerprint density at radius 2 is 2.25 bits per heavy atom. The number of rotatable bonds is 4. The van der Waals surface area contributed by atoms with E-state index >= 15 is 0 Å². The molecule has 1 aromatic heterocycles. The van der Waals surface area contributed by atoms with Crippen LogP contribution in [0.25, 0.3) is 0 Å². The van der Waals surface area contributed by atoms with Crippen molar-refractivity contribution in [2.45, 2.75) is 33.1 Å². The zero-order chi connectivity index (χ0) is 11.5. The number of hydrogen-bond donors (Lipinski definition) is 1. The fourth-order valence-electron chi connectivity index (χ4n) is 2.27. The van der Waals surface area contributed by atoms with E-state index < -0.39 is 0 Å². The van der Waals surface area contributed by atoms with Gasteiger partial charge in [0, 0.05) is 13.1 Å². The lowest BCUT2D eigenvalue weighted by molar-refractivity contribution is 0.318. The maximum Gasteiger partial charge on any atom is 0.131 e. The quantitative estimate of drug-likeness (QED) is 0.846. The Kier molecular flexibility index (Phi) is 3.32. The first-order chi connectivity index (χ1) is 7.70. The van der Waals surface area contributed by atoms with Crippen LogP contribution in [-0.4, -0.2) is 18.1 Å². The molecule has 2 rings (SSSR count). The molecule has 1 aliphatic carbocycles. The highest BCUT2D eigenvalue weighted by molar-refractivity contribution is 5.52. The van der Waals surface area contributed by atoms with E-state index in [4.69, 9.17) is 5.73 Å². The standard InChI is InChI=1S/C13H21N3/c1-3-16(9-11-5-4-6-11)13-10(2)7-12(14)8-15-13/h7-8,11H,3-6,9,14H2,1-2H3. The minimum atomic E-state index is 0.751. The summed E-state index contributed by atoms with van der Waals surface area (Å²) < 4.78 is 0. The molecule has 0 amide bonds. The van der Waals surface area contributed by atoms with Crippen LogP contribution in [0.5, 0.6) is 0 Å². The van der Waals surface area contributed by atoms with Crippen molar-refractivity contribution in [2.75, 3.05) is 23.7 Å². The van der Waals surface area contributed by atoms with Gasteiger partial charge in [-0.25, -0.2) is 4.98 Å². The molecule has 3 heteroatoms. The van der Waals surface area contributed by atoms with Gasteiger partial charge in [0.1, 0.15) is 5.82 Å². The molecule has 1 heterocycles. The maximum absolute atomic E-state index is 5.73. The SMILES string of the molecule is CCN(CC1CCC1)c1ncc(N)cc1C. The lowest BCUT2D eigenvalue weighted by Gasteiger charge is -2.33. The molecule has 0 aliphatic heterocycles.